The van der Waals surface area contributed by atoms with E-state index in [0.717, 1.165) is 11.6 Å². The Morgan fingerprint density at radius 3 is 2.51 bits per heavy atom. The minimum Gasteiger partial charge on any atom is -0.492 e. The van der Waals surface area contributed by atoms with Crippen LogP contribution >= 0.6 is 0 Å². The van der Waals surface area contributed by atoms with Gasteiger partial charge in [0.1, 0.15) is 17.6 Å². The molecule has 0 saturated carbocycles. The molecule has 0 unspecified atom stereocenters. The predicted octanol–water partition coefficient (Wildman–Crippen LogP) is 6.75. The van der Waals surface area contributed by atoms with Crippen molar-refractivity contribution in [2.24, 2.45) is 0 Å². The zero-order valence-electron chi connectivity index (χ0n) is 20.8. The molecule has 2 aliphatic rings. The lowest BCUT2D eigenvalue weighted by Gasteiger charge is -2.20. The van der Waals surface area contributed by atoms with Crippen LogP contribution < -0.4 is 9.47 Å². The lowest BCUT2D eigenvalue weighted by atomic mass is 9.91. The van der Waals surface area contributed by atoms with E-state index in [9.17, 15) is 18.0 Å². The molecule has 0 spiro atoms. The average molecular weight is 537 g/mol. The van der Waals surface area contributed by atoms with Gasteiger partial charge in [0, 0.05) is 23.1 Å². The average Bonchev–Trinajstić information content (AvgIpc) is 3.62. The third kappa shape index (κ3) is 4.71. The Hall–Kier alpha value is -4.34. The molecular weight excluding hydrogens is 513 g/mol. The molecule has 0 radical (unpaired) electrons. The molecule has 39 heavy (non-hydrogen) atoms. The van der Waals surface area contributed by atoms with Crippen molar-refractivity contribution in [3.8, 4) is 34.1 Å². The molecule has 4 aromatic rings. The van der Waals surface area contributed by atoms with Crippen LogP contribution in [0.5, 0.6) is 11.5 Å². The van der Waals surface area contributed by atoms with Gasteiger partial charge >= 0.3 is 12.1 Å². The van der Waals surface area contributed by atoms with E-state index in [4.69, 9.17) is 19.1 Å². The van der Waals surface area contributed by atoms with Crippen LogP contribution in [0.1, 0.15) is 52.9 Å². The number of aryl methyl sites for hydroxylation is 1. The van der Waals surface area contributed by atoms with Gasteiger partial charge in [-0.25, -0.2) is 0 Å². The molecule has 1 aliphatic heterocycles. The van der Waals surface area contributed by atoms with Gasteiger partial charge in [-0.3, -0.25) is 4.79 Å². The predicted molar refractivity (Wildman–Crippen MR) is 134 cm³/mol. The van der Waals surface area contributed by atoms with Crippen molar-refractivity contribution in [2.45, 2.75) is 44.4 Å². The number of halogens is 3. The number of aromatic nitrogens is 2. The first-order valence-corrected chi connectivity index (χ1v) is 12.5. The van der Waals surface area contributed by atoms with E-state index in [-0.39, 0.29) is 24.5 Å². The minimum absolute atomic E-state index is 0.0247. The number of carboxylic acids is 1. The molecule has 2 atom stereocenters. The Morgan fingerprint density at radius 1 is 1.08 bits per heavy atom. The summed E-state index contributed by atoms with van der Waals surface area (Å²) in [5.74, 6) is 0.736. The van der Waals surface area contributed by atoms with Crippen LogP contribution in [0.25, 0.3) is 22.6 Å². The third-order valence-corrected chi connectivity index (χ3v) is 7.17. The SMILES string of the molecule is Cc1noc(-c2ccc(-c3c(C(F)(F)F)ccc4c3CC[C@H]4Oc3ccc4c(c3)OC[C@H]4CC(=O)O)cc2)n1. The number of carboxylic acid groups (broad SMARTS) is 1. The lowest BCUT2D eigenvalue weighted by Crippen LogP contribution is -2.10. The number of alkyl halides is 3. The number of ether oxygens (including phenoxy) is 2. The van der Waals surface area contributed by atoms with Gasteiger partial charge in [0.2, 0.25) is 0 Å². The second-order valence-corrected chi connectivity index (χ2v) is 9.73. The van der Waals surface area contributed by atoms with Gasteiger partial charge in [-0.05, 0) is 66.3 Å². The Labute approximate surface area is 221 Å². The topological polar surface area (TPSA) is 94.7 Å². The third-order valence-electron chi connectivity index (χ3n) is 7.17. The molecule has 0 bridgehead atoms. The van der Waals surface area contributed by atoms with Crippen LogP contribution in [0.15, 0.2) is 59.1 Å². The summed E-state index contributed by atoms with van der Waals surface area (Å²) >= 11 is 0. The minimum atomic E-state index is -4.53. The van der Waals surface area contributed by atoms with Crippen LogP contribution in [0.2, 0.25) is 0 Å². The van der Waals surface area contributed by atoms with Crippen molar-refractivity contribution >= 4 is 5.97 Å². The van der Waals surface area contributed by atoms with E-state index in [0.29, 0.717) is 58.3 Å². The first kappa shape index (κ1) is 25.0. The number of fused-ring (bicyclic) bond motifs is 2. The Kier molecular flexibility index (Phi) is 6.05. The van der Waals surface area contributed by atoms with Crippen LogP contribution in [0.3, 0.4) is 0 Å². The number of nitrogens with zero attached hydrogens (tertiary/aromatic N) is 2. The van der Waals surface area contributed by atoms with Gasteiger partial charge < -0.3 is 19.1 Å². The van der Waals surface area contributed by atoms with Gasteiger partial charge in [0.05, 0.1) is 18.6 Å². The largest absolute Gasteiger partial charge is 0.492 e. The zero-order chi connectivity index (χ0) is 27.3. The lowest BCUT2D eigenvalue weighted by molar-refractivity contribution is -0.138. The van der Waals surface area contributed by atoms with Crippen molar-refractivity contribution in [2.75, 3.05) is 6.61 Å². The van der Waals surface area contributed by atoms with Gasteiger partial charge in [0.15, 0.2) is 5.82 Å². The summed E-state index contributed by atoms with van der Waals surface area (Å²) in [6, 6.07) is 14.5. The first-order valence-electron chi connectivity index (χ1n) is 12.5. The van der Waals surface area contributed by atoms with E-state index in [1.165, 1.54) is 6.07 Å². The maximum Gasteiger partial charge on any atom is 0.417 e. The molecule has 0 amide bonds. The highest BCUT2D eigenvalue weighted by Gasteiger charge is 2.38. The summed E-state index contributed by atoms with van der Waals surface area (Å²) in [5.41, 5.74) is 2.64. The van der Waals surface area contributed by atoms with Crippen molar-refractivity contribution in [1.82, 2.24) is 10.1 Å². The van der Waals surface area contributed by atoms with E-state index < -0.39 is 23.8 Å². The van der Waals surface area contributed by atoms with Gasteiger partial charge in [-0.2, -0.15) is 18.2 Å². The number of hydrogen-bond donors (Lipinski definition) is 1. The fourth-order valence-corrected chi connectivity index (χ4v) is 5.42. The van der Waals surface area contributed by atoms with E-state index in [2.05, 4.69) is 10.1 Å². The Balaban J connectivity index is 1.32. The molecule has 2 heterocycles. The summed E-state index contributed by atoms with van der Waals surface area (Å²) in [6.07, 6.45) is -4.05. The second-order valence-electron chi connectivity index (χ2n) is 9.73. The van der Waals surface area contributed by atoms with Gasteiger partial charge in [0.25, 0.3) is 5.89 Å². The molecule has 7 nitrogen and oxygen atoms in total. The second kappa shape index (κ2) is 9.44. The molecule has 1 aromatic heterocycles. The fourth-order valence-electron chi connectivity index (χ4n) is 5.42. The molecule has 0 fully saturated rings. The van der Waals surface area contributed by atoms with Crippen molar-refractivity contribution < 1.29 is 37.1 Å². The highest BCUT2D eigenvalue weighted by Crippen LogP contribution is 2.47. The van der Waals surface area contributed by atoms with Crippen molar-refractivity contribution in [3.63, 3.8) is 0 Å². The number of rotatable bonds is 6. The van der Waals surface area contributed by atoms with Gasteiger partial charge in [-0.1, -0.05) is 29.4 Å². The van der Waals surface area contributed by atoms with Crippen LogP contribution in [-0.2, 0) is 17.4 Å². The quantitative estimate of drug-likeness (QED) is 0.291. The number of aliphatic carboxylic acids is 1. The Bertz CT molecular complexity index is 1560. The highest BCUT2D eigenvalue weighted by molar-refractivity contribution is 5.76. The molecule has 1 N–H and O–H groups in total. The molecule has 3 aromatic carbocycles. The van der Waals surface area contributed by atoms with Crippen LogP contribution in [0, 0.1) is 6.92 Å². The van der Waals surface area contributed by atoms with E-state index in [1.54, 1.807) is 49.4 Å². The molecular formula is C29H23F3N2O5. The standard InChI is InChI=1S/C29H23F3N2O5/c1-15-33-28(39-34-15)17-4-2-16(3-5-17)27-22-9-11-24(21(22)8-10-23(27)29(30,31)32)38-19-6-7-20-18(12-26(35)36)14-37-25(20)13-19/h2-8,10,13,18,24H,9,11-12,14H2,1H3,(H,35,36)/t18-,24-/m1/s1. The van der Waals surface area contributed by atoms with Crippen molar-refractivity contribution in [3.05, 3.63) is 82.7 Å². The van der Waals surface area contributed by atoms with Crippen molar-refractivity contribution in [1.29, 1.82) is 0 Å². The number of hydrogen-bond acceptors (Lipinski definition) is 6. The maximum atomic E-state index is 14.1. The fraction of sp³-hybridized carbons (Fsp3) is 0.276. The molecule has 200 valence electrons. The summed E-state index contributed by atoms with van der Waals surface area (Å²) < 4.78 is 59.4. The normalized spacial score (nSPS) is 17.9. The zero-order valence-corrected chi connectivity index (χ0v) is 20.8. The van der Waals surface area contributed by atoms with Crippen LogP contribution in [0.4, 0.5) is 13.2 Å². The highest BCUT2D eigenvalue weighted by atomic mass is 19.4. The molecule has 0 saturated heterocycles. The van der Waals surface area contributed by atoms with E-state index in [1.807, 2.05) is 0 Å². The molecule has 6 rings (SSSR count). The first-order chi connectivity index (χ1) is 18.7. The summed E-state index contributed by atoms with van der Waals surface area (Å²) in [6.45, 7) is 1.97. The Morgan fingerprint density at radius 2 is 1.82 bits per heavy atom. The number of benzene rings is 3. The van der Waals surface area contributed by atoms with E-state index >= 15 is 0 Å². The summed E-state index contributed by atoms with van der Waals surface area (Å²) in [7, 11) is 0. The van der Waals surface area contributed by atoms with Crippen LogP contribution in [-0.4, -0.2) is 27.8 Å². The molecule has 1 aliphatic carbocycles. The summed E-state index contributed by atoms with van der Waals surface area (Å²) in [5, 5.41) is 12.9. The smallest absolute Gasteiger partial charge is 0.417 e. The molecule has 10 heteroatoms. The number of carbonyl (C=O) groups is 1. The maximum absolute atomic E-state index is 14.1. The monoisotopic (exact) mass is 536 g/mol. The summed E-state index contributed by atoms with van der Waals surface area (Å²) in [4.78, 5) is 15.3. The van der Waals surface area contributed by atoms with Gasteiger partial charge in [-0.15, -0.1) is 0 Å².